The van der Waals surface area contributed by atoms with Gasteiger partial charge in [0.1, 0.15) is 28.8 Å². The number of carboxylic acid groups (broad SMARTS) is 1. The third kappa shape index (κ3) is 4.21. The molecule has 1 aromatic heterocycles. The second-order valence-electron chi connectivity index (χ2n) is 6.05. The first-order valence-electron chi connectivity index (χ1n) is 8.31. The van der Waals surface area contributed by atoms with Crippen molar-refractivity contribution in [3.8, 4) is 5.69 Å². The van der Waals surface area contributed by atoms with Crippen LogP contribution in [0.5, 0.6) is 0 Å². The van der Waals surface area contributed by atoms with Crippen LogP contribution in [0.15, 0.2) is 53.3 Å². The van der Waals surface area contributed by atoms with E-state index in [0.717, 1.165) is 35.0 Å². The molecule has 3 aromatic rings. The summed E-state index contributed by atoms with van der Waals surface area (Å²) in [6, 6.07) is 7.59. The van der Waals surface area contributed by atoms with E-state index in [1.807, 2.05) is 0 Å². The molecule has 0 fully saturated rings. The van der Waals surface area contributed by atoms with Crippen LogP contribution in [0.2, 0.25) is 0 Å². The van der Waals surface area contributed by atoms with Gasteiger partial charge in [-0.3, -0.25) is 19.5 Å². The molecule has 0 saturated heterocycles. The molecule has 3 N–H and O–H groups in total. The molecule has 0 saturated carbocycles. The van der Waals surface area contributed by atoms with Crippen molar-refractivity contribution in [3.63, 3.8) is 0 Å². The largest absolute Gasteiger partial charge is 0.481 e. The first-order chi connectivity index (χ1) is 13.8. The molecule has 1 atom stereocenters. The summed E-state index contributed by atoms with van der Waals surface area (Å²) < 4.78 is 42.8. The van der Waals surface area contributed by atoms with E-state index in [-0.39, 0.29) is 11.4 Å². The van der Waals surface area contributed by atoms with Crippen molar-refractivity contribution < 1.29 is 27.9 Å². The molecular weight excluding hydrogens is 391 g/mol. The van der Waals surface area contributed by atoms with Crippen LogP contribution in [0, 0.1) is 17.5 Å². The lowest BCUT2D eigenvalue weighted by molar-refractivity contribution is -0.137. The Morgan fingerprint density at radius 3 is 2.28 bits per heavy atom. The van der Waals surface area contributed by atoms with Gasteiger partial charge in [-0.2, -0.15) is 0 Å². The van der Waals surface area contributed by atoms with Crippen LogP contribution in [0.25, 0.3) is 5.69 Å². The van der Waals surface area contributed by atoms with Gasteiger partial charge in [0, 0.05) is 11.6 Å². The number of carbonyl (C=O) groups is 2. The highest BCUT2D eigenvalue weighted by Crippen LogP contribution is 2.24. The molecule has 0 bridgehead atoms. The van der Waals surface area contributed by atoms with E-state index in [9.17, 15) is 27.6 Å². The van der Waals surface area contributed by atoms with Crippen LogP contribution in [-0.2, 0) is 4.79 Å². The van der Waals surface area contributed by atoms with Crippen molar-refractivity contribution in [1.29, 1.82) is 0 Å². The van der Waals surface area contributed by atoms with Gasteiger partial charge < -0.3 is 10.4 Å². The van der Waals surface area contributed by atoms with Gasteiger partial charge in [0.05, 0.1) is 12.5 Å². The number of para-hydroxylation sites is 1. The Morgan fingerprint density at radius 2 is 1.66 bits per heavy atom. The Morgan fingerprint density at radius 1 is 1.03 bits per heavy atom. The van der Waals surface area contributed by atoms with Gasteiger partial charge in [-0.1, -0.05) is 18.2 Å². The van der Waals surface area contributed by atoms with E-state index in [1.165, 1.54) is 18.2 Å². The average molecular weight is 405 g/mol. The number of hydrogen-bond donors (Lipinski definition) is 3. The van der Waals surface area contributed by atoms with Gasteiger partial charge >= 0.3 is 5.97 Å². The molecule has 0 radical (unpaired) electrons. The first-order valence-corrected chi connectivity index (χ1v) is 8.31. The monoisotopic (exact) mass is 405 g/mol. The Bertz CT molecular complexity index is 1120. The lowest BCUT2D eigenvalue weighted by Crippen LogP contribution is -2.31. The number of carboxylic acids is 1. The predicted octanol–water partition coefficient (Wildman–Crippen LogP) is 2.53. The summed E-state index contributed by atoms with van der Waals surface area (Å²) >= 11 is 0. The molecular formula is C19H14F3N3O4. The smallest absolute Gasteiger partial charge is 0.305 e. The number of H-pyrrole nitrogens is 1. The van der Waals surface area contributed by atoms with Gasteiger partial charge in [-0.25, -0.2) is 17.9 Å². The number of carbonyl (C=O) groups excluding carboxylic acids is 1. The van der Waals surface area contributed by atoms with Crippen molar-refractivity contribution in [2.45, 2.75) is 12.5 Å². The lowest BCUT2D eigenvalue weighted by atomic mass is 10.0. The maximum absolute atomic E-state index is 14.0. The Balaban J connectivity index is 1.93. The topological polar surface area (TPSA) is 104 Å². The normalized spacial score (nSPS) is 11.8. The van der Waals surface area contributed by atoms with E-state index >= 15 is 0 Å². The van der Waals surface area contributed by atoms with Crippen LogP contribution in [0.1, 0.15) is 28.5 Å². The van der Waals surface area contributed by atoms with Crippen LogP contribution in [-0.4, -0.2) is 26.8 Å². The Kier molecular flexibility index (Phi) is 5.53. The SMILES string of the molecule is O=C(O)C[C@H](NC(=O)c1cc(=O)n(-c2ccccc2F)[nH]1)c1c(F)cccc1F. The van der Waals surface area contributed by atoms with E-state index < -0.39 is 52.9 Å². The van der Waals surface area contributed by atoms with Crippen molar-refractivity contribution >= 4 is 11.9 Å². The Hall–Kier alpha value is -3.82. The number of aromatic nitrogens is 2. The van der Waals surface area contributed by atoms with Gasteiger partial charge in [-0.05, 0) is 24.3 Å². The van der Waals surface area contributed by atoms with Gasteiger partial charge in [0.15, 0.2) is 0 Å². The average Bonchev–Trinajstić information content (AvgIpc) is 3.03. The van der Waals surface area contributed by atoms with Crippen molar-refractivity contribution in [1.82, 2.24) is 15.1 Å². The fraction of sp³-hybridized carbons (Fsp3) is 0.105. The zero-order valence-electron chi connectivity index (χ0n) is 14.7. The van der Waals surface area contributed by atoms with Gasteiger partial charge in [-0.15, -0.1) is 0 Å². The summed E-state index contributed by atoms with van der Waals surface area (Å²) in [6.45, 7) is 0. The van der Waals surface area contributed by atoms with Gasteiger partial charge in [0.2, 0.25) is 0 Å². The van der Waals surface area contributed by atoms with Crippen LogP contribution in [0.4, 0.5) is 13.2 Å². The third-order valence-electron chi connectivity index (χ3n) is 4.09. The summed E-state index contributed by atoms with van der Waals surface area (Å²) in [7, 11) is 0. The highest BCUT2D eigenvalue weighted by molar-refractivity contribution is 5.92. The predicted molar refractivity (Wildman–Crippen MR) is 95.2 cm³/mol. The van der Waals surface area contributed by atoms with Crippen molar-refractivity contribution in [2.24, 2.45) is 0 Å². The first kappa shape index (κ1) is 19.9. The molecule has 7 nitrogen and oxygen atoms in total. The highest BCUT2D eigenvalue weighted by atomic mass is 19.1. The molecule has 2 aromatic carbocycles. The van der Waals surface area contributed by atoms with Crippen LogP contribution >= 0.6 is 0 Å². The molecule has 0 aliphatic rings. The quantitative estimate of drug-likeness (QED) is 0.586. The summed E-state index contributed by atoms with van der Waals surface area (Å²) in [4.78, 5) is 35.7. The second kappa shape index (κ2) is 8.05. The molecule has 29 heavy (non-hydrogen) atoms. The zero-order chi connectivity index (χ0) is 21.1. The number of rotatable bonds is 6. The number of benzene rings is 2. The third-order valence-corrected chi connectivity index (χ3v) is 4.09. The number of hydrogen-bond acceptors (Lipinski definition) is 3. The molecule has 0 unspecified atom stereocenters. The van der Waals surface area contributed by atoms with E-state index in [0.29, 0.717) is 0 Å². The molecule has 3 rings (SSSR count). The maximum Gasteiger partial charge on any atom is 0.305 e. The molecule has 0 aliphatic carbocycles. The minimum absolute atomic E-state index is 0.140. The standard InChI is InChI=1S/C19H14F3N3O4/c20-10-4-1-2-7-15(10)25-16(26)8-14(24-25)19(29)23-13(9-17(27)28)18-11(21)5-3-6-12(18)22/h1-8,13,24H,9H2,(H,23,29)(H,27,28)/t13-/m0/s1. The zero-order valence-corrected chi connectivity index (χ0v) is 14.7. The molecule has 150 valence electrons. The van der Waals surface area contributed by atoms with E-state index in [4.69, 9.17) is 5.11 Å². The van der Waals surface area contributed by atoms with Crippen LogP contribution < -0.4 is 10.9 Å². The molecule has 1 amide bonds. The van der Waals surface area contributed by atoms with E-state index in [1.54, 1.807) is 0 Å². The number of halogens is 3. The number of nitrogens with one attached hydrogen (secondary N) is 2. The summed E-state index contributed by atoms with van der Waals surface area (Å²) in [5.41, 5.74) is -1.87. The molecule has 1 heterocycles. The summed E-state index contributed by atoms with van der Waals surface area (Å²) in [5.74, 6) is -5.19. The highest BCUT2D eigenvalue weighted by Gasteiger charge is 2.26. The fourth-order valence-corrected chi connectivity index (χ4v) is 2.80. The van der Waals surface area contributed by atoms with E-state index in [2.05, 4.69) is 10.4 Å². The minimum atomic E-state index is -1.54. The molecule has 10 heteroatoms. The Labute approximate surface area is 161 Å². The molecule has 0 spiro atoms. The van der Waals surface area contributed by atoms with Crippen molar-refractivity contribution in [2.75, 3.05) is 0 Å². The fourth-order valence-electron chi connectivity index (χ4n) is 2.80. The summed E-state index contributed by atoms with van der Waals surface area (Å²) in [6.07, 6.45) is -0.804. The number of aromatic amines is 1. The van der Waals surface area contributed by atoms with Crippen molar-refractivity contribution in [3.05, 3.63) is 87.6 Å². The number of aliphatic carboxylic acids is 1. The maximum atomic E-state index is 14.0. The van der Waals surface area contributed by atoms with Gasteiger partial charge in [0.25, 0.3) is 11.5 Å². The number of amides is 1. The number of nitrogens with zero attached hydrogens (tertiary/aromatic N) is 1. The summed E-state index contributed by atoms with van der Waals surface area (Å²) in [5, 5.41) is 13.6. The van der Waals surface area contributed by atoms with Crippen LogP contribution in [0.3, 0.4) is 0 Å². The lowest BCUT2D eigenvalue weighted by Gasteiger charge is -2.18. The molecule has 0 aliphatic heterocycles. The second-order valence-corrected chi connectivity index (χ2v) is 6.05. The minimum Gasteiger partial charge on any atom is -0.481 e.